The Morgan fingerprint density at radius 1 is 0.759 bits per heavy atom. The number of hydrogen-bond acceptors (Lipinski definition) is 6. The van der Waals surface area contributed by atoms with Crippen molar-refractivity contribution in [3.05, 3.63) is 112 Å². The number of nitrogens with zero attached hydrogens (tertiary/aromatic N) is 5. The molecule has 8 rings (SSSR count). The summed E-state index contributed by atoms with van der Waals surface area (Å²) in [6.07, 6.45) is 7.94. The van der Waals surface area contributed by atoms with E-state index in [1.165, 1.54) is 11.1 Å². The third kappa shape index (κ3) is 8.59. The molecule has 1 aromatic heterocycles. The normalized spacial score (nSPS) is 17.9. The van der Waals surface area contributed by atoms with E-state index >= 15 is 4.79 Å². The van der Waals surface area contributed by atoms with Gasteiger partial charge in [0.1, 0.15) is 5.75 Å². The molecule has 0 spiro atoms. The lowest BCUT2D eigenvalue weighted by molar-refractivity contribution is 0.0193. The quantitative estimate of drug-likeness (QED) is 0.145. The summed E-state index contributed by atoms with van der Waals surface area (Å²) >= 11 is 0. The van der Waals surface area contributed by atoms with E-state index < -0.39 is 6.09 Å². The fraction of sp³-hybridized carbons (Fsp3) is 0.479. The molecule has 5 heterocycles. The summed E-state index contributed by atoms with van der Waals surface area (Å²) in [6, 6.07) is 24.0. The van der Waals surface area contributed by atoms with Gasteiger partial charge >= 0.3 is 6.09 Å². The Morgan fingerprint density at radius 3 is 2.26 bits per heavy atom. The molecule has 0 unspecified atom stereocenters. The van der Waals surface area contributed by atoms with E-state index in [2.05, 4.69) is 75.6 Å². The molecule has 0 radical (unpaired) electrons. The van der Waals surface area contributed by atoms with Crippen LogP contribution in [0.3, 0.4) is 0 Å². The molecule has 306 valence electrons. The summed E-state index contributed by atoms with van der Waals surface area (Å²) in [7, 11) is 0. The Hall–Kier alpha value is -4.93. The summed E-state index contributed by atoms with van der Waals surface area (Å²) in [4.78, 5) is 51.9. The average Bonchev–Trinajstić information content (AvgIpc) is 3.65. The van der Waals surface area contributed by atoms with E-state index in [4.69, 9.17) is 9.47 Å². The highest BCUT2D eigenvalue weighted by Gasteiger charge is 2.36. The zero-order valence-corrected chi connectivity index (χ0v) is 34.4. The van der Waals surface area contributed by atoms with E-state index in [0.29, 0.717) is 50.6 Å². The number of rotatable bonds is 12. The molecule has 4 aliphatic rings. The molecule has 1 fully saturated rings. The van der Waals surface area contributed by atoms with Crippen LogP contribution in [-0.4, -0.2) is 101 Å². The topological polar surface area (TPSA) is 87.6 Å². The van der Waals surface area contributed by atoms with E-state index in [1.54, 1.807) is 17.0 Å². The second-order valence-electron chi connectivity index (χ2n) is 16.5. The minimum Gasteiger partial charge on any atom is -0.410 e. The Morgan fingerprint density at radius 2 is 1.50 bits per heavy atom. The van der Waals surface area contributed by atoms with Gasteiger partial charge in [0.05, 0.1) is 18.8 Å². The fourth-order valence-electron chi connectivity index (χ4n) is 9.30. The monoisotopic (exact) mass is 785 g/mol. The van der Waals surface area contributed by atoms with Gasteiger partial charge < -0.3 is 28.7 Å². The van der Waals surface area contributed by atoms with Crippen molar-refractivity contribution in [2.24, 2.45) is 0 Å². The number of morpholine rings is 1. The first-order valence-corrected chi connectivity index (χ1v) is 21.8. The summed E-state index contributed by atoms with van der Waals surface area (Å²) in [6.45, 7) is 11.9. The van der Waals surface area contributed by atoms with Crippen molar-refractivity contribution in [1.82, 2.24) is 24.2 Å². The smallest absolute Gasteiger partial charge is 0.410 e. The van der Waals surface area contributed by atoms with E-state index in [1.807, 2.05) is 18.2 Å². The standard InChI is InChI=1S/C48H59N5O5/c1-3-5-20-50(21-6-4-2)46(54)43-31-45(52-22-13-12-18-44(43)52)41-29-36-19-23-51(48(56)58-40-16-8-7-9-17-40)32-38(36)30-42(41)47(55)53-33-37-15-11-10-14-35(37)28-39(53)34-49-24-26-57-27-25-49/h7-11,14-17,29-31,39H,3-6,12-13,18-28,32-34H2,1-2H3/t39-/m0/s1. The molecule has 10 nitrogen and oxygen atoms in total. The van der Waals surface area contributed by atoms with Crippen molar-refractivity contribution in [2.75, 3.05) is 52.5 Å². The minimum atomic E-state index is -0.397. The van der Waals surface area contributed by atoms with Crippen LogP contribution in [0.1, 0.15) is 101 Å². The number of amides is 3. The number of carbonyl (C=O) groups excluding carboxylic acids is 3. The van der Waals surface area contributed by atoms with Gasteiger partial charge in [-0.25, -0.2) is 4.79 Å². The number of ether oxygens (including phenoxy) is 2. The highest BCUT2D eigenvalue weighted by Crippen LogP contribution is 2.38. The summed E-state index contributed by atoms with van der Waals surface area (Å²) in [5, 5.41) is 0. The lowest BCUT2D eigenvalue weighted by Crippen LogP contribution is -2.52. The predicted molar refractivity (Wildman–Crippen MR) is 226 cm³/mol. The van der Waals surface area contributed by atoms with Crippen LogP contribution in [0.4, 0.5) is 4.79 Å². The molecule has 1 saturated heterocycles. The number of unbranched alkanes of at least 4 members (excludes halogenated alkanes) is 2. The van der Waals surface area contributed by atoms with Crippen molar-refractivity contribution in [2.45, 2.75) is 97.3 Å². The number of aromatic nitrogens is 1. The Bertz CT molecular complexity index is 2080. The van der Waals surface area contributed by atoms with Gasteiger partial charge in [0.15, 0.2) is 0 Å². The highest BCUT2D eigenvalue weighted by molar-refractivity contribution is 6.03. The van der Waals surface area contributed by atoms with Crippen LogP contribution in [0.5, 0.6) is 5.75 Å². The van der Waals surface area contributed by atoms with E-state index in [0.717, 1.165) is 124 Å². The second-order valence-corrected chi connectivity index (χ2v) is 16.5. The van der Waals surface area contributed by atoms with Crippen LogP contribution in [0.15, 0.2) is 72.8 Å². The van der Waals surface area contributed by atoms with Crippen molar-refractivity contribution in [3.63, 3.8) is 0 Å². The van der Waals surface area contributed by atoms with Gasteiger partial charge in [0.2, 0.25) is 0 Å². The number of benzene rings is 3. The number of carbonyl (C=O) groups is 3. The van der Waals surface area contributed by atoms with Crippen molar-refractivity contribution in [1.29, 1.82) is 0 Å². The first-order chi connectivity index (χ1) is 28.4. The first kappa shape index (κ1) is 39.9. The van der Waals surface area contributed by atoms with Crippen molar-refractivity contribution >= 4 is 17.9 Å². The maximum absolute atomic E-state index is 15.5. The maximum Gasteiger partial charge on any atom is 0.415 e. The lowest BCUT2D eigenvalue weighted by atomic mass is 9.89. The molecule has 0 bridgehead atoms. The lowest BCUT2D eigenvalue weighted by Gasteiger charge is -2.41. The molecule has 58 heavy (non-hydrogen) atoms. The van der Waals surface area contributed by atoms with Gasteiger partial charge in [0, 0.05) is 87.5 Å². The minimum absolute atomic E-state index is 0.0127. The number of fused-ring (bicyclic) bond motifs is 3. The molecule has 3 amide bonds. The second kappa shape index (κ2) is 18.3. The average molecular weight is 786 g/mol. The van der Waals surface area contributed by atoms with Crippen molar-refractivity contribution in [3.8, 4) is 17.0 Å². The zero-order valence-electron chi connectivity index (χ0n) is 34.4. The third-order valence-electron chi connectivity index (χ3n) is 12.6. The third-order valence-corrected chi connectivity index (χ3v) is 12.6. The van der Waals surface area contributed by atoms with E-state index in [-0.39, 0.29) is 17.9 Å². The zero-order chi connectivity index (χ0) is 40.0. The van der Waals surface area contributed by atoms with E-state index in [9.17, 15) is 9.59 Å². The molecular weight excluding hydrogens is 727 g/mol. The first-order valence-electron chi connectivity index (χ1n) is 21.8. The van der Waals surface area contributed by atoms with Crippen LogP contribution in [0, 0.1) is 0 Å². The Kier molecular flexibility index (Phi) is 12.6. The summed E-state index contributed by atoms with van der Waals surface area (Å²) in [5.41, 5.74) is 8.87. The van der Waals surface area contributed by atoms with Crippen LogP contribution < -0.4 is 4.74 Å². The number of para-hydroxylation sites is 1. The van der Waals surface area contributed by atoms with Crippen LogP contribution in [-0.2, 0) is 43.6 Å². The van der Waals surface area contributed by atoms with Gasteiger partial charge in [-0.15, -0.1) is 0 Å². The molecule has 4 aliphatic heterocycles. The molecule has 0 N–H and O–H groups in total. The fourth-order valence-corrected chi connectivity index (χ4v) is 9.30. The van der Waals surface area contributed by atoms with Gasteiger partial charge in [-0.1, -0.05) is 69.2 Å². The largest absolute Gasteiger partial charge is 0.415 e. The molecule has 1 atom stereocenters. The number of hydrogen-bond donors (Lipinski definition) is 0. The van der Waals surface area contributed by atoms with Gasteiger partial charge in [-0.3, -0.25) is 14.5 Å². The molecule has 0 saturated carbocycles. The Labute approximate surface area is 343 Å². The molecule has 3 aromatic carbocycles. The van der Waals surface area contributed by atoms with Gasteiger partial charge in [-0.05, 0) is 97.5 Å². The summed E-state index contributed by atoms with van der Waals surface area (Å²) < 4.78 is 13.8. The van der Waals surface area contributed by atoms with Crippen molar-refractivity contribution < 1.29 is 23.9 Å². The van der Waals surface area contributed by atoms with Gasteiger partial charge in [-0.2, -0.15) is 0 Å². The molecule has 0 aliphatic carbocycles. The SMILES string of the molecule is CCCCN(CCCC)C(=O)c1cc(-c2cc3c(cc2C(=O)N2Cc4ccccc4C[C@H]2CN2CCOCC2)CN(C(=O)Oc2ccccc2)CC3)n2c1CCCC2. The van der Waals surface area contributed by atoms with Crippen LogP contribution in [0.25, 0.3) is 11.3 Å². The maximum atomic E-state index is 15.5. The van der Waals surface area contributed by atoms with Gasteiger partial charge in [0.25, 0.3) is 11.8 Å². The van der Waals surface area contributed by atoms with Crippen LogP contribution in [0.2, 0.25) is 0 Å². The highest BCUT2D eigenvalue weighted by atomic mass is 16.6. The molecule has 10 heteroatoms. The van der Waals surface area contributed by atoms with Crippen LogP contribution >= 0.6 is 0 Å². The molecular formula is C48H59N5O5. The summed E-state index contributed by atoms with van der Waals surface area (Å²) in [5.74, 6) is 0.601. The predicted octanol–water partition coefficient (Wildman–Crippen LogP) is 7.99. The Balaban J connectivity index is 1.21. The molecule has 4 aromatic rings.